The Balaban J connectivity index is 1.69. The Labute approximate surface area is 210 Å². The van der Waals surface area contributed by atoms with Crippen molar-refractivity contribution in [3.63, 3.8) is 0 Å². The highest BCUT2D eigenvalue weighted by Crippen LogP contribution is 2.38. The first-order valence-corrected chi connectivity index (χ1v) is 11.6. The molecular weight excluding hydrogens is 491 g/mol. The normalized spacial score (nSPS) is 13.2. The predicted octanol–water partition coefficient (Wildman–Crippen LogP) is 3.83. The molecule has 4 rings (SSSR count). The maximum atomic E-state index is 12.2. The molecule has 1 aromatic heterocycles. The van der Waals surface area contributed by atoms with Crippen LogP contribution in [0.25, 0.3) is 11.3 Å². The SMILES string of the molecule is C=C(Oc1c(Cl)cc(-n2ncc(=O)[nH]c2=O)cc1Cl)/C(=C\C(=O)NC)c1ccc2c(c1)CCCC2. The molecule has 3 aromatic rings. The molecule has 0 bridgehead atoms. The number of nitrogens with zero attached hydrogens (tertiary/aromatic N) is 2. The topological polar surface area (TPSA) is 106 Å². The molecule has 10 heteroatoms. The first kappa shape index (κ1) is 24.5. The number of amides is 1. The first-order valence-electron chi connectivity index (χ1n) is 10.9. The van der Waals surface area contributed by atoms with Crippen LogP contribution in [-0.4, -0.2) is 27.7 Å². The molecule has 35 heavy (non-hydrogen) atoms. The van der Waals surface area contributed by atoms with Crippen LogP contribution < -0.4 is 21.3 Å². The van der Waals surface area contributed by atoms with Crippen LogP contribution in [0.2, 0.25) is 10.0 Å². The van der Waals surface area contributed by atoms with E-state index in [4.69, 9.17) is 27.9 Å². The molecule has 0 radical (unpaired) electrons. The Kier molecular flexibility index (Phi) is 7.23. The fraction of sp³-hybridized carbons (Fsp3) is 0.200. The van der Waals surface area contributed by atoms with Crippen LogP contribution in [0.1, 0.15) is 29.5 Å². The van der Waals surface area contributed by atoms with Gasteiger partial charge in [0.1, 0.15) is 12.0 Å². The van der Waals surface area contributed by atoms with Crippen molar-refractivity contribution in [2.45, 2.75) is 25.7 Å². The van der Waals surface area contributed by atoms with Crippen molar-refractivity contribution in [2.24, 2.45) is 0 Å². The van der Waals surface area contributed by atoms with Crippen LogP contribution in [0, 0.1) is 0 Å². The summed E-state index contributed by atoms with van der Waals surface area (Å²) < 4.78 is 6.90. The second-order valence-electron chi connectivity index (χ2n) is 7.98. The summed E-state index contributed by atoms with van der Waals surface area (Å²) in [4.78, 5) is 37.7. The number of nitrogens with one attached hydrogen (secondary N) is 2. The summed E-state index contributed by atoms with van der Waals surface area (Å²) in [5, 5.41) is 6.54. The van der Waals surface area contributed by atoms with Gasteiger partial charge in [-0.2, -0.15) is 9.78 Å². The van der Waals surface area contributed by atoms with Crippen molar-refractivity contribution in [3.8, 4) is 11.4 Å². The molecular formula is C25H22Cl2N4O4. The number of hydrogen-bond acceptors (Lipinski definition) is 5. The largest absolute Gasteiger partial charge is 0.454 e. The van der Waals surface area contributed by atoms with Gasteiger partial charge < -0.3 is 10.1 Å². The second kappa shape index (κ2) is 10.3. The molecule has 2 aromatic carbocycles. The van der Waals surface area contributed by atoms with E-state index in [1.807, 2.05) is 6.07 Å². The Bertz CT molecular complexity index is 1450. The number of likely N-dealkylation sites (N-methyl/N-ethyl adjacent to an activating group) is 1. The summed E-state index contributed by atoms with van der Waals surface area (Å²) in [5.41, 5.74) is 2.67. The maximum Gasteiger partial charge on any atom is 0.349 e. The van der Waals surface area contributed by atoms with Gasteiger partial charge >= 0.3 is 5.69 Å². The zero-order valence-electron chi connectivity index (χ0n) is 18.9. The molecule has 0 saturated carbocycles. The lowest BCUT2D eigenvalue weighted by Crippen LogP contribution is -2.30. The number of aryl methyl sites for hydroxylation is 2. The minimum atomic E-state index is -0.745. The number of fused-ring (bicyclic) bond motifs is 1. The van der Waals surface area contributed by atoms with Crippen LogP contribution in [0.15, 0.2) is 64.5 Å². The Morgan fingerprint density at radius 2 is 1.83 bits per heavy atom. The van der Waals surface area contributed by atoms with E-state index >= 15 is 0 Å². The van der Waals surface area contributed by atoms with Crippen molar-refractivity contribution in [3.05, 3.63) is 103 Å². The Hall–Kier alpha value is -3.62. The summed E-state index contributed by atoms with van der Waals surface area (Å²) in [5.74, 6) is -0.0564. The van der Waals surface area contributed by atoms with Gasteiger partial charge in [0.15, 0.2) is 5.75 Å². The average Bonchev–Trinajstić information content (AvgIpc) is 2.84. The van der Waals surface area contributed by atoms with Crippen LogP contribution in [0.4, 0.5) is 0 Å². The van der Waals surface area contributed by atoms with E-state index in [1.54, 1.807) is 0 Å². The van der Waals surface area contributed by atoms with Gasteiger partial charge in [-0.25, -0.2) is 4.79 Å². The molecule has 180 valence electrons. The minimum absolute atomic E-state index is 0.0817. The van der Waals surface area contributed by atoms with Gasteiger partial charge in [0.05, 0.1) is 15.7 Å². The molecule has 1 amide bonds. The number of hydrogen-bond donors (Lipinski definition) is 2. The number of benzene rings is 2. The van der Waals surface area contributed by atoms with E-state index in [0.29, 0.717) is 5.57 Å². The zero-order chi connectivity index (χ0) is 25.1. The van der Waals surface area contributed by atoms with Gasteiger partial charge in [0, 0.05) is 18.7 Å². The number of rotatable bonds is 6. The third-order valence-corrected chi connectivity index (χ3v) is 6.21. The summed E-state index contributed by atoms with van der Waals surface area (Å²) in [6.45, 7) is 4.02. The Morgan fingerprint density at radius 1 is 1.14 bits per heavy atom. The number of H-pyrrole nitrogens is 1. The molecule has 0 atom stereocenters. The molecule has 0 saturated heterocycles. The molecule has 0 unspecified atom stereocenters. The predicted molar refractivity (Wildman–Crippen MR) is 135 cm³/mol. The molecule has 0 aliphatic heterocycles. The van der Waals surface area contributed by atoms with Crippen LogP contribution in [0.3, 0.4) is 0 Å². The highest BCUT2D eigenvalue weighted by Gasteiger charge is 2.19. The van der Waals surface area contributed by atoms with Crippen molar-refractivity contribution in [1.82, 2.24) is 20.1 Å². The van der Waals surface area contributed by atoms with E-state index in [1.165, 1.54) is 36.4 Å². The Morgan fingerprint density at radius 3 is 2.49 bits per heavy atom. The number of aromatic amines is 1. The lowest BCUT2D eigenvalue weighted by molar-refractivity contribution is -0.116. The van der Waals surface area contributed by atoms with Crippen molar-refractivity contribution in [2.75, 3.05) is 7.05 Å². The summed E-state index contributed by atoms with van der Waals surface area (Å²) in [6.07, 6.45) is 6.66. The highest BCUT2D eigenvalue weighted by atomic mass is 35.5. The molecule has 1 aliphatic rings. The summed E-state index contributed by atoms with van der Waals surface area (Å²) in [7, 11) is 1.53. The standard InChI is InChI=1S/C25H22Cl2N4O4/c1-14(19(12-22(32)28-2)17-8-7-15-5-3-4-6-16(15)9-17)35-24-20(26)10-18(11-21(24)27)31-25(34)30-23(33)13-29-31/h7-13H,1,3-6H2,2H3,(H,28,32)(H,30,33,34)/b19-12+. The van der Waals surface area contributed by atoms with E-state index in [0.717, 1.165) is 42.1 Å². The number of aromatic nitrogens is 3. The molecule has 0 spiro atoms. The van der Waals surface area contributed by atoms with Gasteiger partial charge in [0.25, 0.3) is 5.56 Å². The minimum Gasteiger partial charge on any atom is -0.454 e. The van der Waals surface area contributed by atoms with Crippen molar-refractivity contribution in [1.29, 1.82) is 0 Å². The summed E-state index contributed by atoms with van der Waals surface area (Å²) in [6, 6.07) is 8.90. The average molecular weight is 513 g/mol. The van der Waals surface area contributed by atoms with Crippen LogP contribution in [0.5, 0.6) is 5.75 Å². The lowest BCUT2D eigenvalue weighted by atomic mass is 9.88. The van der Waals surface area contributed by atoms with Gasteiger partial charge in [-0.15, -0.1) is 0 Å². The van der Waals surface area contributed by atoms with Gasteiger partial charge in [-0.1, -0.05) is 48.0 Å². The van der Waals surface area contributed by atoms with E-state index in [2.05, 4.69) is 34.1 Å². The number of ether oxygens (including phenoxy) is 1. The van der Waals surface area contributed by atoms with Crippen LogP contribution in [-0.2, 0) is 17.6 Å². The second-order valence-corrected chi connectivity index (χ2v) is 8.79. The number of carbonyl (C=O) groups is 1. The molecule has 1 heterocycles. The quantitative estimate of drug-likeness (QED) is 0.296. The number of allylic oxidation sites excluding steroid dienone is 1. The van der Waals surface area contributed by atoms with Crippen molar-refractivity contribution < 1.29 is 9.53 Å². The van der Waals surface area contributed by atoms with E-state index in [9.17, 15) is 14.4 Å². The fourth-order valence-corrected chi connectivity index (χ4v) is 4.46. The third-order valence-electron chi connectivity index (χ3n) is 5.65. The fourth-order valence-electron chi connectivity index (χ4n) is 3.91. The monoisotopic (exact) mass is 512 g/mol. The van der Waals surface area contributed by atoms with Crippen LogP contribution >= 0.6 is 23.2 Å². The van der Waals surface area contributed by atoms with Gasteiger partial charge in [-0.3, -0.25) is 14.6 Å². The molecule has 0 fully saturated rings. The zero-order valence-corrected chi connectivity index (χ0v) is 20.4. The highest BCUT2D eigenvalue weighted by molar-refractivity contribution is 6.37. The molecule has 2 N–H and O–H groups in total. The maximum absolute atomic E-state index is 12.2. The number of carbonyl (C=O) groups excluding carboxylic acids is 1. The van der Waals surface area contributed by atoms with E-state index < -0.39 is 11.2 Å². The van der Waals surface area contributed by atoms with Gasteiger partial charge in [0.2, 0.25) is 5.91 Å². The molecule has 8 nitrogen and oxygen atoms in total. The first-order chi connectivity index (χ1) is 16.8. The molecule has 1 aliphatic carbocycles. The number of halogens is 2. The lowest BCUT2D eigenvalue weighted by Gasteiger charge is -2.19. The van der Waals surface area contributed by atoms with Gasteiger partial charge in [-0.05, 0) is 54.5 Å². The third kappa shape index (κ3) is 5.39. The van der Waals surface area contributed by atoms with E-state index in [-0.39, 0.29) is 33.1 Å². The smallest absolute Gasteiger partial charge is 0.349 e. The van der Waals surface area contributed by atoms with Crippen molar-refractivity contribution >= 4 is 34.7 Å². The summed E-state index contributed by atoms with van der Waals surface area (Å²) >= 11 is 12.9.